The third-order valence-corrected chi connectivity index (χ3v) is 1.15. The van der Waals surface area contributed by atoms with E-state index in [1.807, 2.05) is 14.1 Å². The monoisotopic (exact) mass is 115 g/mol. The van der Waals surface area contributed by atoms with Crippen molar-refractivity contribution < 1.29 is 0 Å². The molecule has 2 N–H and O–H groups in total. The highest BCUT2D eigenvalue weighted by Crippen LogP contribution is 1.83. The van der Waals surface area contributed by atoms with Gasteiger partial charge in [-0.3, -0.25) is 0 Å². The van der Waals surface area contributed by atoms with Crippen molar-refractivity contribution >= 4 is 0 Å². The van der Waals surface area contributed by atoms with E-state index in [-0.39, 0.29) is 0 Å². The first-order valence-corrected chi connectivity index (χ1v) is 2.96. The third kappa shape index (κ3) is 4.09. The van der Waals surface area contributed by atoms with Crippen LogP contribution in [0.1, 0.15) is 6.42 Å². The van der Waals surface area contributed by atoms with E-state index in [0.717, 1.165) is 13.0 Å². The molecule has 0 fully saturated rings. The Bertz CT molecular complexity index is 45.8. The van der Waals surface area contributed by atoms with Gasteiger partial charge in [-0.1, -0.05) is 0 Å². The van der Waals surface area contributed by atoms with Gasteiger partial charge in [-0.2, -0.15) is 0 Å². The number of hydrogen-bond donors (Lipinski definition) is 2. The van der Waals surface area contributed by atoms with Gasteiger partial charge in [0, 0.05) is 6.04 Å². The normalized spacial score (nSPS) is 13.9. The van der Waals surface area contributed by atoms with E-state index in [2.05, 4.69) is 17.6 Å². The zero-order chi connectivity index (χ0) is 6.41. The minimum atomic E-state index is 0.391. The molecule has 1 unspecified atom stereocenters. The fourth-order valence-corrected chi connectivity index (χ4v) is 0.463. The highest BCUT2D eigenvalue weighted by molar-refractivity contribution is 4.66. The van der Waals surface area contributed by atoms with E-state index < -0.39 is 0 Å². The lowest BCUT2D eigenvalue weighted by atomic mass is 10.2. The summed E-state index contributed by atoms with van der Waals surface area (Å²) in [6.45, 7) is 4.88. The smallest absolute Gasteiger partial charge is 0.00767 e. The second-order valence-corrected chi connectivity index (χ2v) is 1.88. The van der Waals surface area contributed by atoms with Crippen molar-refractivity contribution in [3.8, 4) is 0 Å². The molecule has 0 spiro atoms. The van der Waals surface area contributed by atoms with Gasteiger partial charge in [0.05, 0.1) is 0 Å². The number of nitrogens with one attached hydrogen (secondary N) is 2. The van der Waals surface area contributed by atoms with Crippen LogP contribution in [0.4, 0.5) is 0 Å². The Morgan fingerprint density at radius 1 is 1.50 bits per heavy atom. The average molecular weight is 115 g/mol. The van der Waals surface area contributed by atoms with Crippen LogP contribution in [-0.4, -0.2) is 26.7 Å². The van der Waals surface area contributed by atoms with Crippen LogP contribution in [0.25, 0.3) is 0 Å². The summed E-state index contributed by atoms with van der Waals surface area (Å²) in [6.07, 6.45) is 1.09. The topological polar surface area (TPSA) is 24.1 Å². The van der Waals surface area contributed by atoms with E-state index in [9.17, 15) is 0 Å². The van der Waals surface area contributed by atoms with Gasteiger partial charge in [0.1, 0.15) is 0 Å². The molecule has 8 heavy (non-hydrogen) atoms. The van der Waals surface area contributed by atoms with Crippen LogP contribution in [0.3, 0.4) is 0 Å². The molecule has 0 aromatic carbocycles. The summed E-state index contributed by atoms with van der Waals surface area (Å²) in [6, 6.07) is 0.391. The second kappa shape index (κ2) is 5.06. The minimum Gasteiger partial charge on any atom is -0.320 e. The van der Waals surface area contributed by atoms with Crippen molar-refractivity contribution in [1.82, 2.24) is 10.6 Å². The van der Waals surface area contributed by atoms with Gasteiger partial charge in [-0.15, -0.1) is 0 Å². The van der Waals surface area contributed by atoms with Gasteiger partial charge in [0.2, 0.25) is 0 Å². The van der Waals surface area contributed by atoms with Crippen LogP contribution in [0.5, 0.6) is 0 Å². The van der Waals surface area contributed by atoms with Crippen LogP contribution in [0.2, 0.25) is 0 Å². The lowest BCUT2D eigenvalue weighted by Crippen LogP contribution is -2.25. The molecule has 0 saturated carbocycles. The molecule has 0 aliphatic rings. The SMILES string of the molecule is [CH2]C(CCNC)NC. The lowest BCUT2D eigenvalue weighted by molar-refractivity contribution is 0.587. The maximum Gasteiger partial charge on any atom is 0.00767 e. The van der Waals surface area contributed by atoms with Gasteiger partial charge in [-0.05, 0) is 34.0 Å². The molecule has 2 nitrogen and oxygen atoms in total. The first-order valence-electron chi connectivity index (χ1n) is 2.96. The summed E-state index contributed by atoms with van der Waals surface area (Å²) in [5.41, 5.74) is 0. The van der Waals surface area contributed by atoms with E-state index in [1.54, 1.807) is 0 Å². The maximum atomic E-state index is 3.84. The molecule has 0 bridgehead atoms. The molecule has 0 amide bonds. The third-order valence-electron chi connectivity index (χ3n) is 1.15. The van der Waals surface area contributed by atoms with Crippen molar-refractivity contribution in [2.75, 3.05) is 20.6 Å². The molecule has 0 aliphatic carbocycles. The Morgan fingerprint density at radius 3 is 2.50 bits per heavy atom. The summed E-state index contributed by atoms with van der Waals surface area (Å²) < 4.78 is 0. The van der Waals surface area contributed by atoms with E-state index in [1.165, 1.54) is 0 Å². The zero-order valence-corrected chi connectivity index (χ0v) is 5.70. The van der Waals surface area contributed by atoms with Gasteiger partial charge >= 0.3 is 0 Å². The molecule has 49 valence electrons. The Kier molecular flexibility index (Phi) is 5.01. The summed E-state index contributed by atoms with van der Waals surface area (Å²) >= 11 is 0. The Morgan fingerprint density at radius 2 is 2.12 bits per heavy atom. The number of hydrogen-bond acceptors (Lipinski definition) is 2. The number of rotatable bonds is 4. The second-order valence-electron chi connectivity index (χ2n) is 1.88. The molecule has 0 aromatic heterocycles. The Balaban J connectivity index is 2.86. The van der Waals surface area contributed by atoms with Crippen molar-refractivity contribution in [3.63, 3.8) is 0 Å². The fraction of sp³-hybridized carbons (Fsp3) is 0.833. The van der Waals surface area contributed by atoms with Crippen LogP contribution in [-0.2, 0) is 0 Å². The molecule has 1 radical (unpaired) electrons. The van der Waals surface area contributed by atoms with Gasteiger partial charge in [0.25, 0.3) is 0 Å². The Labute approximate surface area is 51.7 Å². The van der Waals surface area contributed by atoms with E-state index >= 15 is 0 Å². The molecule has 0 saturated heterocycles. The molecular formula is C6H15N2. The largest absolute Gasteiger partial charge is 0.320 e. The quantitative estimate of drug-likeness (QED) is 0.539. The highest BCUT2D eigenvalue weighted by atomic mass is 14.9. The predicted octanol–water partition coefficient (Wildman–Crippen LogP) is 0.0180. The molecule has 0 heterocycles. The first-order chi connectivity index (χ1) is 3.81. The molecule has 2 heteroatoms. The molecule has 1 atom stereocenters. The standard InChI is InChI=1S/C6H15N2/c1-6(8-3)4-5-7-2/h6-8H,1,4-5H2,2-3H3. The first kappa shape index (κ1) is 7.92. The molecular weight excluding hydrogens is 100 g/mol. The van der Waals surface area contributed by atoms with Crippen LogP contribution in [0, 0.1) is 6.92 Å². The average Bonchev–Trinajstić information content (AvgIpc) is 1.83. The van der Waals surface area contributed by atoms with Gasteiger partial charge < -0.3 is 10.6 Å². The minimum absolute atomic E-state index is 0.391. The van der Waals surface area contributed by atoms with Crippen molar-refractivity contribution in [3.05, 3.63) is 6.92 Å². The van der Waals surface area contributed by atoms with Gasteiger partial charge in [0.15, 0.2) is 0 Å². The van der Waals surface area contributed by atoms with Crippen molar-refractivity contribution in [2.24, 2.45) is 0 Å². The molecule has 0 rings (SSSR count). The Hall–Kier alpha value is -0.0800. The fourth-order valence-electron chi connectivity index (χ4n) is 0.463. The summed E-state index contributed by atoms with van der Waals surface area (Å²) in [5.74, 6) is 0. The summed E-state index contributed by atoms with van der Waals surface area (Å²) in [5, 5.41) is 6.10. The predicted molar refractivity (Wildman–Crippen MR) is 36.7 cm³/mol. The lowest BCUT2D eigenvalue weighted by Gasteiger charge is -2.07. The van der Waals surface area contributed by atoms with E-state index in [0.29, 0.717) is 6.04 Å². The van der Waals surface area contributed by atoms with Crippen molar-refractivity contribution in [1.29, 1.82) is 0 Å². The zero-order valence-electron chi connectivity index (χ0n) is 5.70. The van der Waals surface area contributed by atoms with Gasteiger partial charge in [-0.25, -0.2) is 0 Å². The van der Waals surface area contributed by atoms with Crippen LogP contribution < -0.4 is 10.6 Å². The maximum absolute atomic E-state index is 3.84. The highest BCUT2D eigenvalue weighted by Gasteiger charge is 1.93. The summed E-state index contributed by atoms with van der Waals surface area (Å²) in [7, 11) is 3.87. The summed E-state index contributed by atoms with van der Waals surface area (Å²) in [4.78, 5) is 0. The van der Waals surface area contributed by atoms with Crippen LogP contribution >= 0.6 is 0 Å². The van der Waals surface area contributed by atoms with Crippen LogP contribution in [0.15, 0.2) is 0 Å². The molecule has 0 aliphatic heterocycles. The van der Waals surface area contributed by atoms with Crippen molar-refractivity contribution in [2.45, 2.75) is 12.5 Å². The van der Waals surface area contributed by atoms with E-state index in [4.69, 9.17) is 0 Å². The molecule has 0 aromatic rings.